The van der Waals surface area contributed by atoms with Crippen LogP contribution >= 0.6 is 11.6 Å². The second kappa shape index (κ2) is 6.17. The van der Waals surface area contributed by atoms with Gasteiger partial charge in [0.15, 0.2) is 0 Å². The molecular formula is C17H15ClN2O. The standard InChI is InChI=1S/C17H15ClN2O/c18-16-7-12(9-19)5-6-14(16)10-20-11-15-8-13-3-1-2-4-17(13)21-15/h1-7,15,20H,8,10-11H2. The van der Waals surface area contributed by atoms with Crippen LogP contribution in [0.5, 0.6) is 5.75 Å². The molecule has 3 nitrogen and oxygen atoms in total. The van der Waals surface area contributed by atoms with E-state index in [4.69, 9.17) is 21.6 Å². The molecule has 0 bridgehead atoms. The number of ether oxygens (including phenoxy) is 1. The van der Waals surface area contributed by atoms with Crippen LogP contribution in [0, 0.1) is 11.3 Å². The van der Waals surface area contributed by atoms with E-state index in [0.717, 1.165) is 24.3 Å². The molecule has 0 amide bonds. The first-order valence-corrected chi connectivity index (χ1v) is 7.28. The predicted molar refractivity (Wildman–Crippen MR) is 82.4 cm³/mol. The second-order valence-electron chi connectivity index (χ2n) is 5.10. The van der Waals surface area contributed by atoms with E-state index in [1.54, 1.807) is 12.1 Å². The molecule has 0 spiro atoms. The molecule has 2 aromatic rings. The third-order valence-electron chi connectivity index (χ3n) is 3.58. The summed E-state index contributed by atoms with van der Waals surface area (Å²) in [4.78, 5) is 0. The summed E-state index contributed by atoms with van der Waals surface area (Å²) in [5.74, 6) is 0.987. The molecule has 0 aromatic heterocycles. The van der Waals surface area contributed by atoms with Crippen LogP contribution in [0.2, 0.25) is 5.02 Å². The van der Waals surface area contributed by atoms with Crippen molar-refractivity contribution in [3.63, 3.8) is 0 Å². The van der Waals surface area contributed by atoms with E-state index >= 15 is 0 Å². The molecule has 106 valence electrons. The van der Waals surface area contributed by atoms with Gasteiger partial charge in [0.25, 0.3) is 0 Å². The van der Waals surface area contributed by atoms with Crippen LogP contribution in [-0.2, 0) is 13.0 Å². The van der Waals surface area contributed by atoms with Gasteiger partial charge in [-0.05, 0) is 29.3 Å². The average molecular weight is 299 g/mol. The molecule has 0 saturated heterocycles. The Morgan fingerprint density at radius 1 is 1.29 bits per heavy atom. The fraction of sp³-hybridized carbons (Fsp3) is 0.235. The van der Waals surface area contributed by atoms with Crippen molar-refractivity contribution in [1.82, 2.24) is 5.32 Å². The number of halogens is 1. The van der Waals surface area contributed by atoms with Crippen molar-refractivity contribution in [3.05, 3.63) is 64.2 Å². The molecule has 0 fully saturated rings. The first-order chi connectivity index (χ1) is 10.3. The maximum Gasteiger partial charge on any atom is 0.123 e. The third-order valence-corrected chi connectivity index (χ3v) is 3.94. The number of hydrogen-bond donors (Lipinski definition) is 1. The van der Waals surface area contributed by atoms with Gasteiger partial charge in [0, 0.05) is 24.5 Å². The Balaban J connectivity index is 1.53. The number of fused-ring (bicyclic) bond motifs is 1. The van der Waals surface area contributed by atoms with Gasteiger partial charge in [-0.15, -0.1) is 0 Å². The number of nitrogens with one attached hydrogen (secondary N) is 1. The van der Waals surface area contributed by atoms with Crippen molar-refractivity contribution in [1.29, 1.82) is 5.26 Å². The lowest BCUT2D eigenvalue weighted by atomic mass is 10.1. The summed E-state index contributed by atoms with van der Waals surface area (Å²) in [6.07, 6.45) is 1.10. The van der Waals surface area contributed by atoms with Crippen molar-refractivity contribution < 1.29 is 4.74 Å². The van der Waals surface area contributed by atoms with E-state index in [2.05, 4.69) is 17.5 Å². The summed E-state index contributed by atoms with van der Waals surface area (Å²) in [6.45, 7) is 1.44. The van der Waals surface area contributed by atoms with Gasteiger partial charge in [0.2, 0.25) is 0 Å². The lowest BCUT2D eigenvalue weighted by molar-refractivity contribution is 0.227. The Labute approximate surface area is 129 Å². The van der Waals surface area contributed by atoms with Gasteiger partial charge in [-0.2, -0.15) is 5.26 Å². The summed E-state index contributed by atoms with van der Waals surface area (Å²) in [5, 5.41) is 12.8. The Bertz CT molecular complexity index is 668. The highest BCUT2D eigenvalue weighted by Crippen LogP contribution is 2.27. The van der Waals surface area contributed by atoms with Crippen molar-refractivity contribution in [2.45, 2.75) is 19.1 Å². The molecule has 1 N–H and O–H groups in total. The van der Waals surface area contributed by atoms with Gasteiger partial charge in [-0.1, -0.05) is 35.9 Å². The van der Waals surface area contributed by atoms with Crippen molar-refractivity contribution >= 4 is 11.6 Å². The van der Waals surface area contributed by atoms with Crippen LogP contribution < -0.4 is 10.1 Å². The Hall–Kier alpha value is -2.02. The van der Waals surface area contributed by atoms with E-state index in [1.807, 2.05) is 24.3 Å². The molecule has 1 heterocycles. The molecule has 1 aliphatic heterocycles. The second-order valence-corrected chi connectivity index (χ2v) is 5.51. The quantitative estimate of drug-likeness (QED) is 0.942. The highest BCUT2D eigenvalue weighted by molar-refractivity contribution is 6.31. The minimum atomic E-state index is 0.166. The molecule has 0 saturated carbocycles. The third kappa shape index (κ3) is 3.18. The summed E-state index contributed by atoms with van der Waals surface area (Å²) in [6, 6.07) is 15.6. The summed E-state index contributed by atoms with van der Waals surface area (Å²) < 4.78 is 5.87. The highest BCUT2D eigenvalue weighted by atomic mass is 35.5. The zero-order chi connectivity index (χ0) is 14.7. The fourth-order valence-corrected chi connectivity index (χ4v) is 2.74. The van der Waals surface area contributed by atoms with Crippen LogP contribution in [-0.4, -0.2) is 12.6 Å². The van der Waals surface area contributed by atoms with Crippen LogP contribution in [0.4, 0.5) is 0 Å². The van der Waals surface area contributed by atoms with Crippen LogP contribution in [0.3, 0.4) is 0 Å². The fourth-order valence-electron chi connectivity index (χ4n) is 2.50. The number of rotatable bonds is 4. The topological polar surface area (TPSA) is 45.0 Å². The lowest BCUT2D eigenvalue weighted by Gasteiger charge is -2.12. The molecule has 1 atom stereocenters. The highest BCUT2D eigenvalue weighted by Gasteiger charge is 2.21. The molecule has 3 rings (SSSR count). The molecule has 21 heavy (non-hydrogen) atoms. The monoisotopic (exact) mass is 298 g/mol. The van der Waals surface area contributed by atoms with Gasteiger partial charge >= 0.3 is 0 Å². The lowest BCUT2D eigenvalue weighted by Crippen LogP contribution is -2.29. The van der Waals surface area contributed by atoms with Gasteiger partial charge < -0.3 is 10.1 Å². The van der Waals surface area contributed by atoms with Crippen molar-refractivity contribution in [3.8, 4) is 11.8 Å². The molecule has 0 radical (unpaired) electrons. The molecule has 2 aromatic carbocycles. The molecule has 1 unspecified atom stereocenters. The maximum atomic E-state index is 8.82. The largest absolute Gasteiger partial charge is 0.488 e. The molecule has 1 aliphatic rings. The van der Waals surface area contributed by atoms with E-state index in [9.17, 15) is 0 Å². The number of para-hydroxylation sites is 1. The zero-order valence-corrected chi connectivity index (χ0v) is 12.2. The number of hydrogen-bond acceptors (Lipinski definition) is 3. The van der Waals surface area contributed by atoms with E-state index in [0.29, 0.717) is 17.1 Å². The predicted octanol–water partition coefficient (Wildman–Crippen LogP) is 3.30. The summed E-state index contributed by atoms with van der Waals surface area (Å²) >= 11 is 6.15. The van der Waals surface area contributed by atoms with Crippen LogP contribution in [0.25, 0.3) is 0 Å². The first kappa shape index (κ1) is 13.9. The zero-order valence-electron chi connectivity index (χ0n) is 11.5. The van der Waals surface area contributed by atoms with Gasteiger partial charge in [0.05, 0.1) is 11.6 Å². The van der Waals surface area contributed by atoms with E-state index in [1.165, 1.54) is 5.56 Å². The van der Waals surface area contributed by atoms with E-state index < -0.39 is 0 Å². The molecule has 0 aliphatic carbocycles. The van der Waals surface area contributed by atoms with E-state index in [-0.39, 0.29) is 6.10 Å². The summed E-state index contributed by atoms with van der Waals surface area (Å²) in [5.41, 5.74) is 2.84. The smallest absolute Gasteiger partial charge is 0.123 e. The molecule has 4 heteroatoms. The Morgan fingerprint density at radius 2 is 2.14 bits per heavy atom. The average Bonchev–Trinajstić information content (AvgIpc) is 2.91. The van der Waals surface area contributed by atoms with Gasteiger partial charge in [0.1, 0.15) is 11.9 Å². The number of nitrogens with zero attached hydrogens (tertiary/aromatic N) is 1. The van der Waals surface area contributed by atoms with Gasteiger partial charge in [-0.25, -0.2) is 0 Å². The normalized spacial score (nSPS) is 16.1. The molecular weight excluding hydrogens is 284 g/mol. The van der Waals surface area contributed by atoms with Crippen LogP contribution in [0.15, 0.2) is 42.5 Å². The van der Waals surface area contributed by atoms with Gasteiger partial charge in [-0.3, -0.25) is 0 Å². The van der Waals surface area contributed by atoms with Crippen LogP contribution in [0.1, 0.15) is 16.7 Å². The summed E-state index contributed by atoms with van der Waals surface area (Å²) in [7, 11) is 0. The van der Waals surface area contributed by atoms with Crippen molar-refractivity contribution in [2.24, 2.45) is 0 Å². The maximum absolute atomic E-state index is 8.82. The minimum absolute atomic E-state index is 0.166. The minimum Gasteiger partial charge on any atom is -0.488 e. The number of benzene rings is 2. The Morgan fingerprint density at radius 3 is 2.90 bits per heavy atom. The first-order valence-electron chi connectivity index (χ1n) is 6.90. The SMILES string of the molecule is N#Cc1ccc(CNCC2Cc3ccccc3O2)c(Cl)c1. The Kier molecular flexibility index (Phi) is 4.10. The van der Waals surface area contributed by atoms with Crippen molar-refractivity contribution in [2.75, 3.05) is 6.54 Å². The number of nitriles is 1.